The Bertz CT molecular complexity index is 690. The van der Waals surface area contributed by atoms with Gasteiger partial charge in [-0.15, -0.1) is 24.0 Å². The van der Waals surface area contributed by atoms with Crippen molar-refractivity contribution in [1.82, 2.24) is 15.2 Å². The number of ether oxygens (including phenoxy) is 1. The van der Waals surface area contributed by atoms with E-state index in [1.165, 1.54) is 0 Å². The number of unbranched alkanes of at least 4 members (excludes halogenated alkanes) is 1. The van der Waals surface area contributed by atoms with E-state index < -0.39 is 0 Å². The molecule has 1 aromatic heterocycles. The molecule has 1 fully saturated rings. The Balaban J connectivity index is 0.00000280. The first-order chi connectivity index (χ1) is 13.4. The second-order valence-electron chi connectivity index (χ2n) is 6.50. The maximum Gasteiger partial charge on any atom is 0.193 e. The molecular formula is C21H30IN5O. The van der Waals surface area contributed by atoms with E-state index >= 15 is 0 Å². The van der Waals surface area contributed by atoms with Crippen LogP contribution in [0.4, 0.5) is 5.82 Å². The average molecular weight is 495 g/mol. The number of halogens is 1. The van der Waals surface area contributed by atoms with Crippen LogP contribution in [-0.2, 0) is 0 Å². The van der Waals surface area contributed by atoms with Crippen LogP contribution in [-0.4, -0.2) is 62.2 Å². The van der Waals surface area contributed by atoms with Crippen molar-refractivity contribution in [2.75, 3.05) is 51.3 Å². The molecule has 0 bridgehead atoms. The van der Waals surface area contributed by atoms with Crippen LogP contribution in [0.1, 0.15) is 12.8 Å². The highest BCUT2D eigenvalue weighted by Crippen LogP contribution is 2.12. The number of hydrogen-bond donors (Lipinski definition) is 1. The smallest absolute Gasteiger partial charge is 0.193 e. The van der Waals surface area contributed by atoms with Crippen LogP contribution in [0.3, 0.4) is 0 Å². The summed E-state index contributed by atoms with van der Waals surface area (Å²) in [7, 11) is 1.85. The van der Waals surface area contributed by atoms with Crippen molar-refractivity contribution in [3.8, 4) is 5.75 Å². The second-order valence-corrected chi connectivity index (χ2v) is 6.50. The van der Waals surface area contributed by atoms with Gasteiger partial charge < -0.3 is 19.9 Å². The lowest BCUT2D eigenvalue weighted by Crippen LogP contribution is -2.52. The minimum absolute atomic E-state index is 0. The van der Waals surface area contributed by atoms with Crippen LogP contribution in [0.15, 0.2) is 59.7 Å². The van der Waals surface area contributed by atoms with E-state index in [9.17, 15) is 0 Å². The lowest BCUT2D eigenvalue weighted by atomic mass is 10.3. The van der Waals surface area contributed by atoms with Crippen molar-refractivity contribution in [3.05, 3.63) is 54.7 Å². The lowest BCUT2D eigenvalue weighted by molar-refractivity contribution is 0.306. The number of rotatable bonds is 7. The number of para-hydroxylation sites is 1. The Hall–Kier alpha value is -2.03. The first-order valence-corrected chi connectivity index (χ1v) is 9.66. The third-order valence-corrected chi connectivity index (χ3v) is 4.63. The molecule has 152 valence electrons. The molecule has 28 heavy (non-hydrogen) atoms. The summed E-state index contributed by atoms with van der Waals surface area (Å²) in [5, 5.41) is 3.48. The molecule has 6 nitrogen and oxygen atoms in total. The third-order valence-electron chi connectivity index (χ3n) is 4.63. The molecule has 1 aliphatic rings. The Kier molecular flexibility index (Phi) is 9.88. The van der Waals surface area contributed by atoms with Crippen LogP contribution in [0.25, 0.3) is 0 Å². The van der Waals surface area contributed by atoms with E-state index in [2.05, 4.69) is 31.2 Å². The molecule has 0 amide bonds. The Morgan fingerprint density at radius 3 is 2.46 bits per heavy atom. The quantitative estimate of drug-likeness (QED) is 0.277. The summed E-state index contributed by atoms with van der Waals surface area (Å²) in [5.41, 5.74) is 0. The van der Waals surface area contributed by atoms with Crippen LogP contribution >= 0.6 is 24.0 Å². The largest absolute Gasteiger partial charge is 0.494 e. The fraction of sp³-hybridized carbons (Fsp3) is 0.429. The number of benzene rings is 1. The Morgan fingerprint density at radius 2 is 1.79 bits per heavy atom. The van der Waals surface area contributed by atoms with E-state index in [1.54, 1.807) is 0 Å². The van der Waals surface area contributed by atoms with Gasteiger partial charge in [0.15, 0.2) is 5.96 Å². The highest BCUT2D eigenvalue weighted by molar-refractivity contribution is 14.0. The molecule has 1 N–H and O–H groups in total. The number of pyridine rings is 1. The van der Waals surface area contributed by atoms with Gasteiger partial charge in [0.1, 0.15) is 11.6 Å². The average Bonchev–Trinajstić information content (AvgIpc) is 2.75. The van der Waals surface area contributed by atoms with E-state index in [4.69, 9.17) is 4.74 Å². The van der Waals surface area contributed by atoms with Crippen molar-refractivity contribution in [2.45, 2.75) is 12.8 Å². The van der Waals surface area contributed by atoms with E-state index in [1.807, 2.05) is 55.7 Å². The fourth-order valence-electron chi connectivity index (χ4n) is 3.15. The molecule has 0 radical (unpaired) electrons. The predicted molar refractivity (Wildman–Crippen MR) is 126 cm³/mol. The topological polar surface area (TPSA) is 53.0 Å². The molecule has 0 atom stereocenters. The van der Waals surface area contributed by atoms with Crippen LogP contribution < -0.4 is 15.0 Å². The minimum Gasteiger partial charge on any atom is -0.494 e. The number of anilines is 1. The summed E-state index contributed by atoms with van der Waals surface area (Å²) in [5.74, 6) is 2.98. The van der Waals surface area contributed by atoms with Crippen LogP contribution in [0, 0.1) is 0 Å². The molecule has 0 aliphatic carbocycles. The number of guanidine groups is 1. The van der Waals surface area contributed by atoms with E-state index in [0.29, 0.717) is 0 Å². The molecule has 2 aromatic rings. The predicted octanol–water partition coefficient (Wildman–Crippen LogP) is 3.26. The molecule has 1 aliphatic heterocycles. The van der Waals surface area contributed by atoms with Gasteiger partial charge in [0.2, 0.25) is 0 Å². The standard InChI is InChI=1S/C21H29N5O.HI/c1-22-21(24-13-7-8-18-27-19-9-3-2-4-10-19)26-16-14-25(15-17-26)20-11-5-6-12-23-20;/h2-6,9-12H,7-8,13-18H2,1H3,(H,22,24);1H. The third kappa shape index (κ3) is 6.85. The van der Waals surface area contributed by atoms with Gasteiger partial charge in [-0.25, -0.2) is 4.98 Å². The fourth-order valence-corrected chi connectivity index (χ4v) is 3.15. The van der Waals surface area contributed by atoms with Gasteiger partial charge >= 0.3 is 0 Å². The van der Waals surface area contributed by atoms with Gasteiger partial charge in [0.05, 0.1) is 6.61 Å². The Labute approximate surface area is 185 Å². The number of piperazine rings is 1. The van der Waals surface area contributed by atoms with Gasteiger partial charge in [-0.2, -0.15) is 0 Å². The molecule has 3 rings (SSSR count). The molecular weight excluding hydrogens is 465 g/mol. The Morgan fingerprint density at radius 1 is 1.04 bits per heavy atom. The van der Waals surface area contributed by atoms with Gasteiger partial charge in [-0.3, -0.25) is 4.99 Å². The number of aliphatic imine (C=N–C) groups is 1. The molecule has 0 unspecified atom stereocenters. The summed E-state index contributed by atoms with van der Waals surface area (Å²) >= 11 is 0. The monoisotopic (exact) mass is 495 g/mol. The maximum atomic E-state index is 5.73. The summed E-state index contributed by atoms with van der Waals surface area (Å²) in [6.45, 7) is 5.48. The van der Waals surface area contributed by atoms with Crippen molar-refractivity contribution < 1.29 is 4.74 Å². The van der Waals surface area contributed by atoms with Gasteiger partial charge in [-0.1, -0.05) is 24.3 Å². The minimum atomic E-state index is 0. The first kappa shape index (κ1) is 22.3. The zero-order valence-corrected chi connectivity index (χ0v) is 18.8. The highest BCUT2D eigenvalue weighted by atomic mass is 127. The van der Waals surface area contributed by atoms with Gasteiger partial charge in [-0.05, 0) is 37.1 Å². The zero-order chi connectivity index (χ0) is 18.7. The summed E-state index contributed by atoms with van der Waals surface area (Å²) < 4.78 is 5.73. The first-order valence-electron chi connectivity index (χ1n) is 9.66. The number of hydrogen-bond acceptors (Lipinski definition) is 4. The normalized spacial score (nSPS) is 14.4. The molecule has 7 heteroatoms. The number of nitrogens with one attached hydrogen (secondary N) is 1. The van der Waals surface area contributed by atoms with Crippen molar-refractivity contribution >= 4 is 35.8 Å². The molecule has 1 aromatic carbocycles. The highest BCUT2D eigenvalue weighted by Gasteiger charge is 2.20. The van der Waals surface area contributed by atoms with Crippen molar-refractivity contribution in [3.63, 3.8) is 0 Å². The van der Waals surface area contributed by atoms with Gasteiger partial charge in [0.25, 0.3) is 0 Å². The van der Waals surface area contributed by atoms with Crippen molar-refractivity contribution in [2.24, 2.45) is 4.99 Å². The molecule has 0 saturated carbocycles. The van der Waals surface area contributed by atoms with E-state index in [-0.39, 0.29) is 24.0 Å². The number of aromatic nitrogens is 1. The zero-order valence-electron chi connectivity index (χ0n) is 16.5. The molecule has 2 heterocycles. The molecule has 0 spiro atoms. The summed E-state index contributed by atoms with van der Waals surface area (Å²) in [4.78, 5) is 13.5. The SMILES string of the molecule is CN=C(NCCCCOc1ccccc1)N1CCN(c2ccccn2)CC1.I. The summed E-state index contributed by atoms with van der Waals surface area (Å²) in [6, 6.07) is 16.0. The molecule has 1 saturated heterocycles. The van der Waals surface area contributed by atoms with Crippen LogP contribution in [0.2, 0.25) is 0 Å². The second kappa shape index (κ2) is 12.4. The maximum absolute atomic E-state index is 5.73. The lowest BCUT2D eigenvalue weighted by Gasteiger charge is -2.37. The van der Waals surface area contributed by atoms with Crippen LogP contribution in [0.5, 0.6) is 5.75 Å². The van der Waals surface area contributed by atoms with Gasteiger partial charge in [0, 0.05) is 46.0 Å². The van der Waals surface area contributed by atoms with E-state index in [0.717, 1.165) is 69.7 Å². The summed E-state index contributed by atoms with van der Waals surface area (Å²) in [6.07, 6.45) is 3.93. The number of nitrogens with zero attached hydrogens (tertiary/aromatic N) is 4. The van der Waals surface area contributed by atoms with Crippen molar-refractivity contribution in [1.29, 1.82) is 0 Å².